The highest BCUT2D eigenvalue weighted by Crippen LogP contribution is 2.36. The molecule has 1 aliphatic rings. The first kappa shape index (κ1) is 17.0. The maximum Gasteiger partial charge on any atom is 0.0179 e. The minimum absolute atomic E-state index is 0.238. The highest BCUT2D eigenvalue weighted by atomic mass is 15.2. The Morgan fingerprint density at radius 1 is 1.00 bits per heavy atom. The van der Waals surface area contributed by atoms with Gasteiger partial charge in [0.25, 0.3) is 0 Å². The molecule has 2 heteroatoms. The van der Waals surface area contributed by atoms with Crippen molar-refractivity contribution in [3.63, 3.8) is 0 Å². The Kier molecular flexibility index (Phi) is 5.12. The lowest BCUT2D eigenvalue weighted by Gasteiger charge is -2.54. The van der Waals surface area contributed by atoms with Crippen molar-refractivity contribution in [3.8, 4) is 0 Å². The quantitative estimate of drug-likeness (QED) is 0.804. The van der Waals surface area contributed by atoms with Gasteiger partial charge in [0.2, 0.25) is 0 Å². The third-order valence-corrected chi connectivity index (χ3v) is 5.17. The van der Waals surface area contributed by atoms with Crippen molar-refractivity contribution in [3.05, 3.63) is 0 Å². The van der Waals surface area contributed by atoms with Gasteiger partial charge in [0.1, 0.15) is 0 Å². The van der Waals surface area contributed by atoms with Gasteiger partial charge in [-0.15, -0.1) is 0 Å². The molecule has 0 unspecified atom stereocenters. The number of nitrogens with one attached hydrogen (secondary N) is 1. The summed E-state index contributed by atoms with van der Waals surface area (Å²) in [6.45, 7) is 20.0. The number of hydrogen-bond donors (Lipinski definition) is 1. The van der Waals surface area contributed by atoms with Crippen LogP contribution in [0.3, 0.4) is 0 Å². The van der Waals surface area contributed by atoms with Gasteiger partial charge in [-0.25, -0.2) is 0 Å². The lowest BCUT2D eigenvalue weighted by atomic mass is 9.77. The van der Waals surface area contributed by atoms with Crippen LogP contribution in [0.5, 0.6) is 0 Å². The second-order valence-corrected chi connectivity index (χ2v) is 7.94. The molecule has 0 amide bonds. The van der Waals surface area contributed by atoms with E-state index in [1.165, 1.54) is 25.7 Å². The Bertz CT molecular complexity index is 274. The molecular weight excluding hydrogens is 232 g/mol. The number of piperidine rings is 1. The fourth-order valence-electron chi connectivity index (χ4n) is 4.23. The summed E-state index contributed by atoms with van der Waals surface area (Å²) in [7, 11) is 0. The first-order valence-corrected chi connectivity index (χ1v) is 8.15. The molecule has 0 spiro atoms. The molecule has 1 aliphatic heterocycles. The average molecular weight is 268 g/mol. The monoisotopic (exact) mass is 268 g/mol. The molecule has 1 heterocycles. The van der Waals surface area contributed by atoms with Crippen LogP contribution in [-0.2, 0) is 0 Å². The summed E-state index contributed by atoms with van der Waals surface area (Å²) in [6, 6.07) is 0.696. The molecule has 0 aliphatic carbocycles. The Morgan fingerprint density at radius 3 is 1.74 bits per heavy atom. The number of rotatable bonds is 5. The van der Waals surface area contributed by atoms with Crippen LogP contribution >= 0.6 is 0 Å². The summed E-state index contributed by atoms with van der Waals surface area (Å²) in [5, 5.41) is 3.80. The lowest BCUT2D eigenvalue weighted by Crippen LogP contribution is -2.64. The molecule has 114 valence electrons. The third kappa shape index (κ3) is 3.95. The van der Waals surface area contributed by atoms with Gasteiger partial charge < -0.3 is 5.32 Å². The van der Waals surface area contributed by atoms with Gasteiger partial charge in [0, 0.05) is 22.7 Å². The van der Waals surface area contributed by atoms with E-state index in [2.05, 4.69) is 65.6 Å². The second kappa shape index (κ2) is 5.73. The fourth-order valence-corrected chi connectivity index (χ4v) is 4.23. The van der Waals surface area contributed by atoms with Crippen LogP contribution in [-0.4, -0.2) is 34.1 Å². The Hall–Kier alpha value is -0.0800. The van der Waals surface area contributed by atoms with Crippen LogP contribution in [0.2, 0.25) is 0 Å². The van der Waals surface area contributed by atoms with E-state index in [4.69, 9.17) is 0 Å². The maximum absolute atomic E-state index is 3.80. The molecule has 1 rings (SSSR count). The smallest absolute Gasteiger partial charge is 0.0179 e. The molecule has 19 heavy (non-hydrogen) atoms. The summed E-state index contributed by atoms with van der Waals surface area (Å²) in [5.74, 6) is 0. The van der Waals surface area contributed by atoms with Crippen molar-refractivity contribution in [2.75, 3.05) is 6.54 Å². The SMILES string of the molecule is CCN(C1CC(C)(C)NC(C)(C)C1)C(C)(CC)CC. The van der Waals surface area contributed by atoms with Gasteiger partial charge in [0.15, 0.2) is 0 Å². The summed E-state index contributed by atoms with van der Waals surface area (Å²) in [5.41, 5.74) is 0.827. The van der Waals surface area contributed by atoms with Crippen LogP contribution in [0.15, 0.2) is 0 Å². The topological polar surface area (TPSA) is 15.3 Å². The van der Waals surface area contributed by atoms with Crippen LogP contribution in [0.4, 0.5) is 0 Å². The van der Waals surface area contributed by atoms with Crippen LogP contribution in [0.25, 0.3) is 0 Å². The molecule has 1 N–H and O–H groups in total. The number of nitrogens with zero attached hydrogens (tertiary/aromatic N) is 1. The highest BCUT2D eigenvalue weighted by molar-refractivity contribution is 5.02. The van der Waals surface area contributed by atoms with E-state index in [0.29, 0.717) is 11.6 Å². The Balaban J connectivity index is 2.98. The van der Waals surface area contributed by atoms with E-state index >= 15 is 0 Å². The zero-order valence-corrected chi connectivity index (χ0v) is 14.6. The molecule has 2 nitrogen and oxygen atoms in total. The zero-order chi connectivity index (χ0) is 14.9. The predicted molar refractivity (Wildman–Crippen MR) is 85.7 cm³/mol. The van der Waals surface area contributed by atoms with Crippen molar-refractivity contribution in [2.24, 2.45) is 0 Å². The van der Waals surface area contributed by atoms with Gasteiger partial charge in [-0.2, -0.15) is 0 Å². The summed E-state index contributed by atoms with van der Waals surface area (Å²) in [4.78, 5) is 2.78. The zero-order valence-electron chi connectivity index (χ0n) is 14.6. The molecule has 0 aromatic rings. The van der Waals surface area contributed by atoms with Crippen LogP contribution < -0.4 is 5.32 Å². The molecule has 0 atom stereocenters. The Labute approximate surface area is 121 Å². The standard InChI is InChI=1S/C17H36N2/c1-9-17(8,10-2)19(11-3)14-12-15(4,5)18-16(6,7)13-14/h14,18H,9-13H2,1-8H3. The summed E-state index contributed by atoms with van der Waals surface area (Å²) in [6.07, 6.45) is 4.98. The summed E-state index contributed by atoms with van der Waals surface area (Å²) < 4.78 is 0. The van der Waals surface area contributed by atoms with E-state index in [9.17, 15) is 0 Å². The second-order valence-electron chi connectivity index (χ2n) is 7.94. The average Bonchev–Trinajstić information content (AvgIpc) is 2.25. The Morgan fingerprint density at radius 2 is 1.42 bits per heavy atom. The van der Waals surface area contributed by atoms with Crippen LogP contribution in [0, 0.1) is 0 Å². The van der Waals surface area contributed by atoms with Gasteiger partial charge in [-0.1, -0.05) is 20.8 Å². The molecule has 1 fully saturated rings. The maximum atomic E-state index is 3.80. The molecule has 0 saturated carbocycles. The van der Waals surface area contributed by atoms with Crippen molar-refractivity contribution in [1.82, 2.24) is 10.2 Å². The highest BCUT2D eigenvalue weighted by Gasteiger charge is 2.43. The van der Waals surface area contributed by atoms with E-state index in [1.54, 1.807) is 0 Å². The van der Waals surface area contributed by atoms with Gasteiger partial charge in [-0.3, -0.25) is 4.90 Å². The molecule has 0 aromatic heterocycles. The normalized spacial score (nSPS) is 23.8. The minimum Gasteiger partial charge on any atom is -0.307 e. The first-order chi connectivity index (χ1) is 8.59. The van der Waals surface area contributed by atoms with Gasteiger partial charge in [0.05, 0.1) is 0 Å². The predicted octanol–water partition coefficient (Wildman–Crippen LogP) is 4.20. The van der Waals surface area contributed by atoms with E-state index in [-0.39, 0.29) is 11.1 Å². The van der Waals surface area contributed by atoms with E-state index < -0.39 is 0 Å². The molecule has 0 aromatic carbocycles. The van der Waals surface area contributed by atoms with Crippen molar-refractivity contribution in [2.45, 2.75) is 104 Å². The van der Waals surface area contributed by atoms with Gasteiger partial charge >= 0.3 is 0 Å². The van der Waals surface area contributed by atoms with Crippen molar-refractivity contribution in [1.29, 1.82) is 0 Å². The number of hydrogen-bond acceptors (Lipinski definition) is 2. The third-order valence-electron chi connectivity index (χ3n) is 5.17. The lowest BCUT2D eigenvalue weighted by molar-refractivity contribution is -0.00336. The largest absolute Gasteiger partial charge is 0.307 e. The molecule has 1 saturated heterocycles. The minimum atomic E-state index is 0.238. The molecular formula is C17H36N2. The van der Waals surface area contributed by atoms with E-state index in [1.807, 2.05) is 0 Å². The fraction of sp³-hybridized carbons (Fsp3) is 1.00. The van der Waals surface area contributed by atoms with Gasteiger partial charge in [-0.05, 0) is 66.8 Å². The molecule has 0 bridgehead atoms. The summed E-state index contributed by atoms with van der Waals surface area (Å²) >= 11 is 0. The van der Waals surface area contributed by atoms with Crippen molar-refractivity contribution >= 4 is 0 Å². The van der Waals surface area contributed by atoms with Crippen molar-refractivity contribution < 1.29 is 0 Å². The van der Waals surface area contributed by atoms with E-state index in [0.717, 1.165) is 6.54 Å². The van der Waals surface area contributed by atoms with Crippen LogP contribution in [0.1, 0.15) is 81.1 Å². The molecule has 0 radical (unpaired) electrons. The first-order valence-electron chi connectivity index (χ1n) is 8.15.